The Bertz CT molecular complexity index is 709. The molecule has 0 atom stereocenters. The Morgan fingerprint density at radius 3 is 0.964 bits per heavy atom. The maximum atomic E-state index is 3.90. The SMILES string of the molecule is Cn1c[n+](C)cn1.Cn1c[n+](C)cn1.Cn1cc[n+](C)c1.Cn1cc[n+](C)c1. The first kappa shape index (κ1) is 22.7. The molecule has 0 aromatic carbocycles. The molecule has 0 aliphatic heterocycles. The largest absolute Gasteiger partial charge is 0.264 e. The molecule has 4 rings (SSSR count). The van der Waals surface area contributed by atoms with E-state index in [0.717, 1.165) is 0 Å². The van der Waals surface area contributed by atoms with Crippen molar-refractivity contribution >= 4 is 0 Å². The molecule has 0 aliphatic carbocycles. The van der Waals surface area contributed by atoms with Crippen LogP contribution in [0.3, 0.4) is 0 Å². The maximum Gasteiger partial charge on any atom is 0.264 e. The van der Waals surface area contributed by atoms with Crippen LogP contribution in [0, 0.1) is 0 Å². The molecule has 0 unspecified atom stereocenters. The molecule has 0 spiro atoms. The average molecular weight is 391 g/mol. The third-order valence-electron chi connectivity index (χ3n) is 3.33. The minimum atomic E-state index is 1.75. The van der Waals surface area contributed by atoms with Gasteiger partial charge < -0.3 is 0 Å². The Morgan fingerprint density at radius 1 is 0.536 bits per heavy atom. The number of imidazole rings is 2. The Morgan fingerprint density at radius 2 is 0.893 bits per heavy atom. The first-order valence-electron chi connectivity index (χ1n) is 8.78. The summed E-state index contributed by atoms with van der Waals surface area (Å²) in [6.45, 7) is 0. The van der Waals surface area contributed by atoms with Gasteiger partial charge in [0.25, 0.3) is 12.7 Å². The van der Waals surface area contributed by atoms with E-state index in [9.17, 15) is 0 Å². The van der Waals surface area contributed by atoms with Gasteiger partial charge in [0, 0.05) is 10.2 Å². The third kappa shape index (κ3) is 10.00. The normalized spacial score (nSPS) is 9.43. The number of rotatable bonds is 0. The Kier molecular flexibility index (Phi) is 9.28. The van der Waals surface area contributed by atoms with Crippen molar-refractivity contribution < 1.29 is 18.3 Å². The van der Waals surface area contributed by atoms with Crippen LogP contribution in [-0.4, -0.2) is 28.7 Å². The summed E-state index contributed by atoms with van der Waals surface area (Å²) in [5.74, 6) is 0. The van der Waals surface area contributed by atoms with Crippen molar-refractivity contribution in [3.05, 3.63) is 62.8 Å². The van der Waals surface area contributed by atoms with E-state index in [0.29, 0.717) is 0 Å². The Hall–Kier alpha value is -3.30. The maximum absolute atomic E-state index is 3.90. The lowest BCUT2D eigenvalue weighted by Gasteiger charge is -1.72. The van der Waals surface area contributed by atoms with Crippen LogP contribution in [0.2, 0.25) is 0 Å². The highest BCUT2D eigenvalue weighted by Gasteiger charge is 1.91. The summed E-state index contributed by atoms with van der Waals surface area (Å²) >= 11 is 0. The van der Waals surface area contributed by atoms with Gasteiger partial charge in [0.15, 0.2) is 0 Å². The van der Waals surface area contributed by atoms with Crippen LogP contribution < -0.4 is 18.3 Å². The second-order valence-corrected chi connectivity index (χ2v) is 6.66. The van der Waals surface area contributed by atoms with Crippen molar-refractivity contribution in [2.75, 3.05) is 0 Å². The van der Waals surface area contributed by atoms with Gasteiger partial charge in [-0.2, -0.15) is 0 Å². The zero-order valence-electron chi connectivity index (χ0n) is 18.2. The van der Waals surface area contributed by atoms with Crippen LogP contribution in [0.15, 0.2) is 62.8 Å². The highest BCUT2D eigenvalue weighted by atomic mass is 15.3. The molecule has 0 amide bonds. The van der Waals surface area contributed by atoms with E-state index in [1.54, 1.807) is 22.0 Å². The summed E-state index contributed by atoms with van der Waals surface area (Å²) in [4.78, 5) is 0. The number of nitrogens with zero attached hydrogens (tertiary/aromatic N) is 10. The molecular formula is C18H34N10+4. The van der Waals surface area contributed by atoms with Crippen LogP contribution in [0.25, 0.3) is 0 Å². The summed E-state index contributed by atoms with van der Waals surface area (Å²) in [7, 11) is 15.7. The fourth-order valence-corrected chi connectivity index (χ4v) is 2.12. The second kappa shape index (κ2) is 11.4. The Labute approximate surface area is 166 Å². The van der Waals surface area contributed by atoms with Gasteiger partial charge in [0.05, 0.1) is 56.4 Å². The summed E-state index contributed by atoms with van der Waals surface area (Å²) < 4.78 is 15.3. The van der Waals surface area contributed by atoms with Crippen LogP contribution in [0.4, 0.5) is 0 Å². The van der Waals surface area contributed by atoms with Crippen molar-refractivity contribution in [3.63, 3.8) is 0 Å². The molecule has 0 bridgehead atoms. The van der Waals surface area contributed by atoms with E-state index in [2.05, 4.69) is 10.2 Å². The van der Waals surface area contributed by atoms with Gasteiger partial charge in [-0.1, -0.05) is 0 Å². The lowest BCUT2D eigenvalue weighted by Crippen LogP contribution is -2.23. The van der Waals surface area contributed by atoms with Gasteiger partial charge in [-0.3, -0.25) is 0 Å². The quantitative estimate of drug-likeness (QED) is 0.332. The fraction of sp³-hybridized carbons (Fsp3) is 0.444. The third-order valence-corrected chi connectivity index (χ3v) is 3.33. The topological polar surface area (TPSA) is 61.0 Å². The molecule has 10 nitrogen and oxygen atoms in total. The smallest absolute Gasteiger partial charge is 0.240 e. The summed E-state index contributed by atoms with van der Waals surface area (Å²) in [6.07, 6.45) is 19.3. The predicted molar refractivity (Wildman–Crippen MR) is 102 cm³/mol. The van der Waals surface area contributed by atoms with Crippen molar-refractivity contribution in [1.82, 2.24) is 28.7 Å². The molecule has 0 N–H and O–H groups in total. The standard InChI is InChI=1S/2C5H9N2.2C4H8N3/c2*1-6-3-4-7(2)5-6;2*1-6-3-5-7(2)4-6/h2*3-5H,1-2H3;2*3-4H,1-2H3/q4*+1. The van der Waals surface area contributed by atoms with Gasteiger partial charge >= 0.3 is 0 Å². The number of aromatic nitrogens is 10. The van der Waals surface area contributed by atoms with Gasteiger partial charge in [-0.15, -0.1) is 9.36 Å². The van der Waals surface area contributed by atoms with Crippen LogP contribution in [0.5, 0.6) is 0 Å². The number of aryl methyl sites for hydroxylation is 8. The predicted octanol–water partition coefficient (Wildman–Crippen LogP) is -1.81. The molecule has 0 saturated carbocycles. The number of hydrogen-bond donors (Lipinski definition) is 0. The van der Waals surface area contributed by atoms with Crippen LogP contribution in [-0.2, 0) is 56.4 Å². The van der Waals surface area contributed by atoms with Crippen molar-refractivity contribution in [2.45, 2.75) is 0 Å². The van der Waals surface area contributed by atoms with Gasteiger partial charge in [-0.05, 0) is 0 Å². The summed E-state index contributed by atoms with van der Waals surface area (Å²) in [5.41, 5.74) is 0. The van der Waals surface area contributed by atoms with Crippen molar-refractivity contribution in [2.24, 2.45) is 56.4 Å². The molecule has 4 aromatic heterocycles. The summed E-state index contributed by atoms with van der Waals surface area (Å²) in [5, 5.41) is 7.79. The highest BCUT2D eigenvalue weighted by molar-refractivity contribution is 4.61. The van der Waals surface area contributed by atoms with Gasteiger partial charge in [0.1, 0.15) is 24.8 Å². The molecule has 0 aliphatic rings. The van der Waals surface area contributed by atoms with E-state index in [1.807, 2.05) is 134 Å². The molecule has 10 heteroatoms. The molecule has 152 valence electrons. The Balaban J connectivity index is 0.000000187. The van der Waals surface area contributed by atoms with Gasteiger partial charge in [-0.25, -0.2) is 27.4 Å². The van der Waals surface area contributed by atoms with Crippen molar-refractivity contribution in [3.8, 4) is 0 Å². The monoisotopic (exact) mass is 390 g/mol. The fourth-order valence-electron chi connectivity index (χ4n) is 2.12. The van der Waals surface area contributed by atoms with E-state index in [4.69, 9.17) is 0 Å². The minimum Gasteiger partial charge on any atom is -0.240 e. The zero-order chi connectivity index (χ0) is 21.1. The first-order chi connectivity index (χ1) is 13.2. The van der Waals surface area contributed by atoms with Crippen LogP contribution in [0.1, 0.15) is 0 Å². The minimum absolute atomic E-state index is 1.75. The first-order valence-corrected chi connectivity index (χ1v) is 8.78. The summed E-state index contributed by atoms with van der Waals surface area (Å²) in [6, 6.07) is 0. The number of hydrogen-bond acceptors (Lipinski definition) is 2. The van der Waals surface area contributed by atoms with E-state index >= 15 is 0 Å². The molecule has 0 radical (unpaired) electrons. The lowest BCUT2D eigenvalue weighted by molar-refractivity contribution is -0.672. The molecule has 4 heterocycles. The van der Waals surface area contributed by atoms with Crippen LogP contribution >= 0.6 is 0 Å². The van der Waals surface area contributed by atoms with Crippen molar-refractivity contribution in [1.29, 1.82) is 0 Å². The molecule has 4 aromatic rings. The van der Waals surface area contributed by atoms with E-state index < -0.39 is 0 Å². The zero-order valence-corrected chi connectivity index (χ0v) is 18.2. The molecule has 0 saturated heterocycles. The highest BCUT2D eigenvalue weighted by Crippen LogP contribution is 1.71. The lowest BCUT2D eigenvalue weighted by atomic mass is 10.9. The molecule has 28 heavy (non-hydrogen) atoms. The molecular weight excluding hydrogens is 356 g/mol. The van der Waals surface area contributed by atoms with Gasteiger partial charge in [0.2, 0.25) is 25.3 Å². The van der Waals surface area contributed by atoms with E-state index in [-0.39, 0.29) is 0 Å². The van der Waals surface area contributed by atoms with E-state index in [1.165, 1.54) is 0 Å². The molecule has 0 fully saturated rings. The average Bonchev–Trinajstić information content (AvgIpc) is 3.37. The second-order valence-electron chi connectivity index (χ2n) is 6.66.